The van der Waals surface area contributed by atoms with Gasteiger partial charge in [-0.3, -0.25) is 0 Å². The number of halogens is 1. The molecule has 0 unspecified atom stereocenters. The molecule has 0 saturated carbocycles. The van der Waals surface area contributed by atoms with Crippen molar-refractivity contribution in [3.63, 3.8) is 0 Å². The van der Waals surface area contributed by atoms with Crippen LogP contribution in [0.3, 0.4) is 0 Å². The maximum Gasteiger partial charge on any atom is -0.00186 e. The Morgan fingerprint density at radius 1 is 0.667 bits per heavy atom. The van der Waals surface area contributed by atoms with Crippen LogP contribution in [0.2, 0.25) is 0 Å². The molecule has 1 nitrogen and oxygen atoms in total. The standard InChI is InChI=1S/C19H25N.ClH/c1-20(16-8-14-18-10-4-2-5-11-18)17-9-15-19-12-6-3-7-13-19;/h2-7,10-13H,8-9,14-17H2,1H3;1H. The van der Waals surface area contributed by atoms with E-state index in [1.54, 1.807) is 0 Å². The van der Waals surface area contributed by atoms with E-state index in [0.29, 0.717) is 0 Å². The van der Waals surface area contributed by atoms with Gasteiger partial charge < -0.3 is 4.90 Å². The lowest BCUT2D eigenvalue weighted by atomic mass is 10.1. The second-order valence-corrected chi connectivity index (χ2v) is 5.48. The number of aryl methyl sites for hydroxylation is 2. The van der Waals surface area contributed by atoms with Gasteiger partial charge in [0.1, 0.15) is 0 Å². The Balaban J connectivity index is 0.00000220. The Kier molecular flexibility index (Phi) is 8.80. The van der Waals surface area contributed by atoms with Crippen LogP contribution in [0.1, 0.15) is 24.0 Å². The quantitative estimate of drug-likeness (QED) is 0.688. The predicted octanol–water partition coefficient (Wildman–Crippen LogP) is 4.61. The third-order valence-electron chi connectivity index (χ3n) is 3.70. The van der Waals surface area contributed by atoms with E-state index in [4.69, 9.17) is 0 Å². The van der Waals surface area contributed by atoms with Gasteiger partial charge in [0, 0.05) is 0 Å². The maximum atomic E-state index is 2.45. The Morgan fingerprint density at radius 3 is 1.43 bits per heavy atom. The number of nitrogens with zero attached hydrogens (tertiary/aromatic N) is 1. The van der Waals surface area contributed by atoms with Crippen LogP contribution in [-0.2, 0) is 12.8 Å². The minimum Gasteiger partial charge on any atom is -0.306 e. The summed E-state index contributed by atoms with van der Waals surface area (Å²) in [7, 11) is 2.23. The smallest absolute Gasteiger partial charge is 0.00186 e. The Morgan fingerprint density at radius 2 is 1.05 bits per heavy atom. The maximum absolute atomic E-state index is 2.45. The summed E-state index contributed by atoms with van der Waals surface area (Å²) in [5.41, 5.74) is 2.90. The van der Waals surface area contributed by atoms with Gasteiger partial charge in [-0.2, -0.15) is 0 Å². The first-order valence-corrected chi connectivity index (χ1v) is 7.61. The minimum atomic E-state index is 0. The third kappa shape index (κ3) is 7.31. The lowest BCUT2D eigenvalue weighted by molar-refractivity contribution is 0.325. The van der Waals surface area contributed by atoms with E-state index in [2.05, 4.69) is 72.6 Å². The van der Waals surface area contributed by atoms with Crippen LogP contribution >= 0.6 is 12.4 Å². The molecule has 0 radical (unpaired) electrons. The summed E-state index contributed by atoms with van der Waals surface area (Å²) in [5.74, 6) is 0. The van der Waals surface area contributed by atoms with E-state index in [1.165, 1.54) is 49.9 Å². The molecule has 0 aromatic heterocycles. The van der Waals surface area contributed by atoms with E-state index in [9.17, 15) is 0 Å². The SMILES string of the molecule is CN(CCCc1ccccc1)CCCc1ccccc1.Cl. The fraction of sp³-hybridized carbons (Fsp3) is 0.368. The first kappa shape index (κ1) is 17.7. The number of benzene rings is 2. The molecular formula is C19H26ClN. The molecule has 0 atom stereocenters. The largest absolute Gasteiger partial charge is 0.306 e. The highest BCUT2D eigenvalue weighted by atomic mass is 35.5. The summed E-state index contributed by atoms with van der Waals surface area (Å²) in [6, 6.07) is 21.5. The molecule has 0 aliphatic carbocycles. The second-order valence-electron chi connectivity index (χ2n) is 5.48. The molecule has 2 aromatic rings. The summed E-state index contributed by atoms with van der Waals surface area (Å²) in [5, 5.41) is 0. The van der Waals surface area contributed by atoms with Crippen molar-refractivity contribution in [1.82, 2.24) is 4.90 Å². The first-order valence-electron chi connectivity index (χ1n) is 7.61. The van der Waals surface area contributed by atoms with Crippen molar-refractivity contribution in [2.24, 2.45) is 0 Å². The van der Waals surface area contributed by atoms with E-state index < -0.39 is 0 Å². The van der Waals surface area contributed by atoms with Crippen LogP contribution in [0.5, 0.6) is 0 Å². The van der Waals surface area contributed by atoms with Gasteiger partial charge in [-0.1, -0.05) is 60.7 Å². The van der Waals surface area contributed by atoms with Gasteiger partial charge in [0.25, 0.3) is 0 Å². The predicted molar refractivity (Wildman–Crippen MR) is 94.3 cm³/mol. The summed E-state index contributed by atoms with van der Waals surface area (Å²) in [6.45, 7) is 2.37. The van der Waals surface area contributed by atoms with E-state index in [1.807, 2.05) is 0 Å². The Hall–Kier alpha value is -1.31. The molecule has 0 N–H and O–H groups in total. The monoisotopic (exact) mass is 303 g/mol. The van der Waals surface area contributed by atoms with Crippen molar-refractivity contribution < 1.29 is 0 Å². The number of rotatable bonds is 8. The molecule has 2 aromatic carbocycles. The molecule has 0 saturated heterocycles. The average molecular weight is 304 g/mol. The van der Waals surface area contributed by atoms with Gasteiger partial charge >= 0.3 is 0 Å². The van der Waals surface area contributed by atoms with Gasteiger partial charge in [0.15, 0.2) is 0 Å². The summed E-state index contributed by atoms with van der Waals surface area (Å²) >= 11 is 0. The van der Waals surface area contributed by atoms with Crippen molar-refractivity contribution in [2.45, 2.75) is 25.7 Å². The lowest BCUT2D eigenvalue weighted by Crippen LogP contribution is -2.21. The zero-order valence-electron chi connectivity index (χ0n) is 12.9. The van der Waals surface area contributed by atoms with Crippen molar-refractivity contribution in [3.05, 3.63) is 71.8 Å². The average Bonchev–Trinajstić information content (AvgIpc) is 2.49. The molecule has 0 amide bonds. The fourth-order valence-corrected chi connectivity index (χ4v) is 2.51. The molecule has 0 bridgehead atoms. The summed E-state index contributed by atoms with van der Waals surface area (Å²) in [4.78, 5) is 2.45. The zero-order chi connectivity index (χ0) is 14.0. The molecule has 0 aliphatic heterocycles. The zero-order valence-corrected chi connectivity index (χ0v) is 13.7. The van der Waals surface area contributed by atoms with E-state index >= 15 is 0 Å². The minimum absolute atomic E-state index is 0. The van der Waals surface area contributed by atoms with Crippen LogP contribution < -0.4 is 0 Å². The summed E-state index contributed by atoms with van der Waals surface area (Å²) in [6.07, 6.45) is 4.85. The van der Waals surface area contributed by atoms with Crippen LogP contribution in [0.25, 0.3) is 0 Å². The fourth-order valence-electron chi connectivity index (χ4n) is 2.51. The van der Waals surface area contributed by atoms with Crippen LogP contribution in [0.15, 0.2) is 60.7 Å². The lowest BCUT2D eigenvalue weighted by Gasteiger charge is -2.16. The molecular weight excluding hydrogens is 278 g/mol. The highest BCUT2D eigenvalue weighted by Gasteiger charge is 1.99. The Labute approximate surface area is 135 Å². The Bertz CT molecular complexity index is 424. The van der Waals surface area contributed by atoms with Crippen molar-refractivity contribution >= 4 is 12.4 Å². The molecule has 2 rings (SSSR count). The van der Waals surface area contributed by atoms with Crippen LogP contribution in [0, 0.1) is 0 Å². The summed E-state index contributed by atoms with van der Waals surface area (Å²) < 4.78 is 0. The normalized spacial score (nSPS) is 10.4. The van der Waals surface area contributed by atoms with E-state index in [0.717, 1.165) is 0 Å². The van der Waals surface area contributed by atoms with Crippen LogP contribution in [0.4, 0.5) is 0 Å². The number of hydrogen-bond donors (Lipinski definition) is 0. The topological polar surface area (TPSA) is 3.24 Å². The molecule has 0 spiro atoms. The van der Waals surface area contributed by atoms with Crippen molar-refractivity contribution in [2.75, 3.05) is 20.1 Å². The van der Waals surface area contributed by atoms with Gasteiger partial charge in [0.2, 0.25) is 0 Å². The van der Waals surface area contributed by atoms with Crippen LogP contribution in [-0.4, -0.2) is 25.0 Å². The second kappa shape index (κ2) is 10.4. The number of hydrogen-bond acceptors (Lipinski definition) is 1. The third-order valence-corrected chi connectivity index (χ3v) is 3.70. The molecule has 0 aliphatic rings. The molecule has 0 heterocycles. The van der Waals surface area contributed by atoms with Gasteiger partial charge in [-0.15, -0.1) is 12.4 Å². The molecule has 114 valence electrons. The molecule has 21 heavy (non-hydrogen) atoms. The van der Waals surface area contributed by atoms with Gasteiger partial charge in [0.05, 0.1) is 0 Å². The van der Waals surface area contributed by atoms with E-state index in [-0.39, 0.29) is 12.4 Å². The molecule has 0 fully saturated rings. The van der Waals surface area contributed by atoms with Crippen molar-refractivity contribution in [3.8, 4) is 0 Å². The van der Waals surface area contributed by atoms with Crippen molar-refractivity contribution in [1.29, 1.82) is 0 Å². The highest BCUT2D eigenvalue weighted by Crippen LogP contribution is 2.05. The molecule has 2 heteroatoms. The highest BCUT2D eigenvalue weighted by molar-refractivity contribution is 5.85. The first-order chi connectivity index (χ1) is 9.84. The van der Waals surface area contributed by atoms with Gasteiger partial charge in [-0.25, -0.2) is 0 Å². The van der Waals surface area contributed by atoms with Gasteiger partial charge in [-0.05, 0) is 56.9 Å².